The van der Waals surface area contributed by atoms with E-state index in [4.69, 9.17) is 11.6 Å². The first-order valence-corrected chi connectivity index (χ1v) is 12.4. The quantitative estimate of drug-likeness (QED) is 0.0656. The highest BCUT2D eigenvalue weighted by molar-refractivity contribution is 5.84. The lowest BCUT2D eigenvalue weighted by atomic mass is 9.88. The van der Waals surface area contributed by atoms with Crippen LogP contribution in [0, 0.1) is 0 Å². The molecule has 0 aromatic heterocycles. The van der Waals surface area contributed by atoms with Gasteiger partial charge in [0.05, 0.1) is 0 Å². The third-order valence-electron chi connectivity index (χ3n) is 6.84. The molecule has 5 rings (SSSR count). The Balaban J connectivity index is 1.59. The Bertz CT molecular complexity index is 1620. The van der Waals surface area contributed by atoms with E-state index in [9.17, 15) is 0 Å². The molecule has 0 bridgehead atoms. The van der Waals surface area contributed by atoms with Gasteiger partial charge in [0.1, 0.15) is 5.66 Å². The average molecular weight is 485 g/mol. The molecule has 5 aromatic rings. The zero-order valence-electron chi connectivity index (χ0n) is 21.0. The summed E-state index contributed by atoms with van der Waals surface area (Å²) in [5.41, 5.74) is 14.4. The monoisotopic (exact) mass is 484 g/mol. The minimum atomic E-state index is -0.875. The van der Waals surface area contributed by atoms with Gasteiger partial charge in [-0.1, -0.05) is 109 Å². The van der Waals surface area contributed by atoms with Crippen LogP contribution in [0.4, 0.5) is 5.69 Å². The second kappa shape index (κ2) is 10.4. The van der Waals surface area contributed by atoms with Gasteiger partial charge in [-0.15, -0.1) is 0 Å². The third kappa shape index (κ3) is 5.04. The lowest BCUT2D eigenvalue weighted by molar-refractivity contribution is 0.321. The Labute approximate surface area is 218 Å². The van der Waals surface area contributed by atoms with Crippen molar-refractivity contribution in [3.8, 4) is 0 Å². The van der Waals surface area contributed by atoms with Crippen molar-refractivity contribution in [2.45, 2.75) is 19.1 Å². The van der Waals surface area contributed by atoms with Crippen LogP contribution in [0.5, 0.6) is 0 Å². The summed E-state index contributed by atoms with van der Waals surface area (Å²) in [6, 6.07) is 35.7. The maximum Gasteiger partial charge on any atom is 0.134 e. The SMILES string of the molecule is C=C(C)/C=C\c1ccc(C(NN)(NCc2ccc3ccccc3c2)c2ccc3ccccc3c2)cc1N. The summed E-state index contributed by atoms with van der Waals surface area (Å²) in [7, 11) is 0. The molecule has 4 heteroatoms. The highest BCUT2D eigenvalue weighted by Crippen LogP contribution is 2.32. The topological polar surface area (TPSA) is 76.1 Å². The minimum absolute atomic E-state index is 0.596. The second-order valence-corrected chi connectivity index (χ2v) is 9.51. The minimum Gasteiger partial charge on any atom is -0.398 e. The van der Waals surface area contributed by atoms with E-state index in [2.05, 4.69) is 96.2 Å². The van der Waals surface area contributed by atoms with Gasteiger partial charge >= 0.3 is 0 Å². The van der Waals surface area contributed by atoms with Gasteiger partial charge in [0.2, 0.25) is 0 Å². The summed E-state index contributed by atoms with van der Waals surface area (Å²) in [5.74, 6) is 6.38. The van der Waals surface area contributed by atoms with E-state index in [0.29, 0.717) is 12.2 Å². The van der Waals surface area contributed by atoms with Crippen molar-refractivity contribution in [1.82, 2.24) is 10.7 Å². The normalized spacial score (nSPS) is 13.2. The van der Waals surface area contributed by atoms with Gasteiger partial charge in [-0.3, -0.25) is 11.2 Å². The first-order valence-electron chi connectivity index (χ1n) is 12.4. The number of nitrogens with two attached hydrogens (primary N) is 2. The lowest BCUT2D eigenvalue weighted by Gasteiger charge is -2.36. The maximum absolute atomic E-state index is 6.52. The van der Waals surface area contributed by atoms with E-state index in [0.717, 1.165) is 33.2 Å². The van der Waals surface area contributed by atoms with Crippen molar-refractivity contribution < 1.29 is 0 Å². The molecule has 184 valence electrons. The zero-order chi connectivity index (χ0) is 25.8. The Morgan fingerprint density at radius 3 is 2.03 bits per heavy atom. The predicted octanol–water partition coefficient (Wildman–Crippen LogP) is 6.62. The predicted molar refractivity (Wildman–Crippen MR) is 158 cm³/mol. The van der Waals surface area contributed by atoms with Gasteiger partial charge in [-0.05, 0) is 68.9 Å². The van der Waals surface area contributed by atoms with Crippen LogP contribution in [0.15, 0.2) is 121 Å². The number of fused-ring (bicyclic) bond motifs is 2. The highest BCUT2D eigenvalue weighted by Gasteiger charge is 2.33. The van der Waals surface area contributed by atoms with Gasteiger partial charge in [-0.25, -0.2) is 5.43 Å². The molecule has 0 heterocycles. The molecule has 0 aliphatic carbocycles. The third-order valence-corrected chi connectivity index (χ3v) is 6.84. The molecule has 0 saturated heterocycles. The van der Waals surface area contributed by atoms with Crippen LogP contribution in [0.3, 0.4) is 0 Å². The van der Waals surface area contributed by atoms with E-state index in [1.54, 1.807) is 0 Å². The molecule has 4 nitrogen and oxygen atoms in total. The molecule has 1 unspecified atom stereocenters. The summed E-state index contributed by atoms with van der Waals surface area (Å²) in [6.07, 6.45) is 3.94. The standard InChI is InChI=1S/C33H32N4/c1-23(2)11-13-27-16-18-31(21-32(27)34)33(37-35,30-17-15-26-8-4-6-10-29(26)20-30)36-22-24-12-14-25-7-3-5-9-28(25)19-24/h3-21,36-37H,1,22,34-35H2,2H3/b13-11-. The summed E-state index contributed by atoms with van der Waals surface area (Å²) >= 11 is 0. The second-order valence-electron chi connectivity index (χ2n) is 9.51. The lowest BCUT2D eigenvalue weighted by Crippen LogP contribution is -2.57. The van der Waals surface area contributed by atoms with E-state index in [1.165, 1.54) is 16.2 Å². The molecule has 0 fully saturated rings. The molecule has 0 spiro atoms. The van der Waals surface area contributed by atoms with Crippen molar-refractivity contribution in [1.29, 1.82) is 0 Å². The van der Waals surface area contributed by atoms with Crippen LogP contribution in [0.25, 0.3) is 27.6 Å². The molecule has 5 aromatic carbocycles. The fourth-order valence-corrected chi connectivity index (χ4v) is 4.79. The summed E-state index contributed by atoms with van der Waals surface area (Å²) in [5, 5.41) is 8.47. The van der Waals surface area contributed by atoms with Crippen LogP contribution < -0.4 is 22.3 Å². The number of benzene rings is 5. The Hall–Kier alpha value is -4.22. The zero-order valence-corrected chi connectivity index (χ0v) is 21.0. The Kier molecular flexibility index (Phi) is 6.89. The largest absolute Gasteiger partial charge is 0.398 e. The van der Waals surface area contributed by atoms with Crippen LogP contribution >= 0.6 is 0 Å². The number of nitrogens with one attached hydrogen (secondary N) is 2. The van der Waals surface area contributed by atoms with Gasteiger partial charge in [0, 0.05) is 12.2 Å². The fourth-order valence-electron chi connectivity index (χ4n) is 4.79. The van der Waals surface area contributed by atoms with Gasteiger partial charge in [0.25, 0.3) is 0 Å². The van der Waals surface area contributed by atoms with Crippen molar-refractivity contribution in [2.75, 3.05) is 5.73 Å². The highest BCUT2D eigenvalue weighted by atomic mass is 15.4. The number of allylic oxidation sites excluding steroid dienone is 2. The van der Waals surface area contributed by atoms with Crippen molar-refractivity contribution in [2.24, 2.45) is 5.84 Å². The van der Waals surface area contributed by atoms with E-state index in [1.807, 2.05) is 43.3 Å². The maximum atomic E-state index is 6.52. The average Bonchev–Trinajstić information content (AvgIpc) is 2.93. The first kappa shape index (κ1) is 24.5. The number of anilines is 1. The van der Waals surface area contributed by atoms with Crippen LogP contribution in [0.1, 0.15) is 29.2 Å². The van der Waals surface area contributed by atoms with Crippen LogP contribution in [-0.4, -0.2) is 0 Å². The number of nitrogen functional groups attached to an aromatic ring is 1. The van der Waals surface area contributed by atoms with Crippen molar-refractivity contribution in [3.05, 3.63) is 144 Å². The van der Waals surface area contributed by atoms with Gasteiger partial charge in [0.15, 0.2) is 0 Å². The molecule has 0 aliphatic heterocycles. The molecule has 0 aliphatic rings. The van der Waals surface area contributed by atoms with Gasteiger partial charge in [-0.2, -0.15) is 0 Å². The van der Waals surface area contributed by atoms with Crippen LogP contribution in [-0.2, 0) is 12.2 Å². The molecule has 6 N–H and O–H groups in total. The molecule has 0 amide bonds. The molecular weight excluding hydrogens is 452 g/mol. The fraction of sp³-hybridized carbons (Fsp3) is 0.0909. The molecule has 0 radical (unpaired) electrons. The number of hydrogen-bond acceptors (Lipinski definition) is 4. The van der Waals surface area contributed by atoms with E-state index >= 15 is 0 Å². The number of rotatable bonds is 8. The van der Waals surface area contributed by atoms with Crippen molar-refractivity contribution in [3.63, 3.8) is 0 Å². The van der Waals surface area contributed by atoms with Gasteiger partial charge < -0.3 is 5.73 Å². The summed E-state index contributed by atoms with van der Waals surface area (Å²) in [6.45, 7) is 6.50. The van der Waals surface area contributed by atoms with Crippen LogP contribution in [0.2, 0.25) is 0 Å². The first-order chi connectivity index (χ1) is 18.0. The molecule has 37 heavy (non-hydrogen) atoms. The molecule has 0 saturated carbocycles. The van der Waals surface area contributed by atoms with Crippen molar-refractivity contribution >= 4 is 33.3 Å². The summed E-state index contributed by atoms with van der Waals surface area (Å²) in [4.78, 5) is 0. The Morgan fingerprint density at radius 1 is 0.784 bits per heavy atom. The van der Waals surface area contributed by atoms with E-state index in [-0.39, 0.29) is 0 Å². The Morgan fingerprint density at radius 2 is 1.38 bits per heavy atom. The number of hydrogen-bond donors (Lipinski definition) is 4. The molecule has 1 atom stereocenters. The number of hydrazine groups is 1. The smallest absolute Gasteiger partial charge is 0.134 e. The summed E-state index contributed by atoms with van der Waals surface area (Å²) < 4.78 is 0. The van der Waals surface area contributed by atoms with E-state index < -0.39 is 5.66 Å². The molecular formula is C33H32N4.